The fraction of sp³-hybridized carbons (Fsp3) is 0.318. The predicted molar refractivity (Wildman–Crippen MR) is 104 cm³/mol. The molecule has 3 aromatic rings. The fourth-order valence-corrected chi connectivity index (χ4v) is 4.13. The van der Waals surface area contributed by atoms with Crippen molar-refractivity contribution in [1.29, 1.82) is 0 Å². The molecule has 0 spiro atoms. The van der Waals surface area contributed by atoms with Crippen LogP contribution in [0.4, 0.5) is 5.69 Å². The fourth-order valence-electron chi connectivity index (χ4n) is 4.13. The van der Waals surface area contributed by atoms with E-state index in [0.717, 1.165) is 35.4 Å². The maximum Gasteiger partial charge on any atom is 0.258 e. The Morgan fingerprint density at radius 2 is 1.96 bits per heavy atom. The van der Waals surface area contributed by atoms with Gasteiger partial charge >= 0.3 is 0 Å². The van der Waals surface area contributed by atoms with E-state index >= 15 is 0 Å². The molecule has 2 aliphatic rings. The minimum Gasteiger partial charge on any atom is -0.467 e. The maximum absolute atomic E-state index is 13.2. The summed E-state index contributed by atoms with van der Waals surface area (Å²) in [6.45, 7) is 4.94. The van der Waals surface area contributed by atoms with Crippen molar-refractivity contribution in [3.05, 3.63) is 77.0 Å². The summed E-state index contributed by atoms with van der Waals surface area (Å²) in [4.78, 5) is 15.2. The molecule has 5 heteroatoms. The van der Waals surface area contributed by atoms with Crippen molar-refractivity contribution in [2.24, 2.45) is 0 Å². The lowest BCUT2D eigenvalue weighted by Crippen LogP contribution is -2.44. The van der Waals surface area contributed by atoms with Crippen molar-refractivity contribution in [3.63, 3.8) is 0 Å². The van der Waals surface area contributed by atoms with Gasteiger partial charge in [0.25, 0.3) is 5.91 Å². The molecule has 138 valence electrons. The molecule has 27 heavy (non-hydrogen) atoms. The van der Waals surface area contributed by atoms with E-state index in [9.17, 15) is 4.79 Å². The number of carbonyl (C=O) groups is 1. The zero-order valence-corrected chi connectivity index (χ0v) is 15.6. The normalized spacial score (nSPS) is 19.1. The lowest BCUT2D eigenvalue weighted by atomic mass is 10.0. The van der Waals surface area contributed by atoms with Crippen LogP contribution < -0.4 is 5.32 Å². The van der Waals surface area contributed by atoms with Gasteiger partial charge in [0.1, 0.15) is 11.9 Å². The maximum atomic E-state index is 13.2. The molecule has 1 saturated carbocycles. The molecule has 0 saturated heterocycles. The molecule has 1 atom stereocenters. The Morgan fingerprint density at radius 1 is 1.15 bits per heavy atom. The van der Waals surface area contributed by atoms with Gasteiger partial charge in [-0.25, -0.2) is 0 Å². The molecule has 5 nitrogen and oxygen atoms in total. The molecule has 1 aliphatic heterocycles. The highest BCUT2D eigenvalue weighted by Gasteiger charge is 2.42. The molecular weight excluding hydrogens is 338 g/mol. The van der Waals surface area contributed by atoms with Crippen molar-refractivity contribution >= 4 is 11.6 Å². The Kier molecular flexibility index (Phi) is 3.64. The van der Waals surface area contributed by atoms with Crippen LogP contribution in [0, 0.1) is 13.8 Å². The van der Waals surface area contributed by atoms with Gasteiger partial charge in [-0.3, -0.25) is 4.79 Å². The van der Waals surface area contributed by atoms with Crippen LogP contribution in [0.2, 0.25) is 0 Å². The first-order chi connectivity index (χ1) is 13.1. The number of anilines is 1. The van der Waals surface area contributed by atoms with E-state index in [1.807, 2.05) is 41.3 Å². The molecule has 1 aliphatic carbocycles. The number of hydrogen-bond acceptors (Lipinski definition) is 3. The summed E-state index contributed by atoms with van der Waals surface area (Å²) in [5, 5.41) is 3.62. The van der Waals surface area contributed by atoms with Crippen molar-refractivity contribution in [3.8, 4) is 0 Å². The lowest BCUT2D eigenvalue weighted by molar-refractivity contribution is 0.0666. The van der Waals surface area contributed by atoms with Crippen molar-refractivity contribution in [2.45, 2.75) is 45.4 Å². The van der Waals surface area contributed by atoms with Crippen LogP contribution in [-0.4, -0.2) is 21.4 Å². The first-order valence-corrected chi connectivity index (χ1v) is 9.50. The van der Waals surface area contributed by atoms with Crippen LogP contribution in [0.5, 0.6) is 0 Å². The van der Waals surface area contributed by atoms with E-state index < -0.39 is 0 Å². The number of fused-ring (bicyclic) bond motifs is 1. The standard InChI is InChI=1S/C22H23N3O2/c1-14-12-19(15(2)24(14)13-17-6-5-11-27-17)21-23-20-8-4-3-7-18(20)22(26)25(21)16-9-10-16/h3-8,11-12,16,21,23H,9-10,13H2,1-2H3/t21-/m0/s1. The summed E-state index contributed by atoms with van der Waals surface area (Å²) in [5.74, 6) is 1.06. The second kappa shape index (κ2) is 6.05. The molecule has 0 radical (unpaired) electrons. The number of para-hydroxylation sites is 1. The SMILES string of the molecule is Cc1cc([C@H]2Nc3ccccc3C(=O)N2C2CC2)c(C)n1Cc1ccco1. The first-order valence-electron chi connectivity index (χ1n) is 9.50. The Labute approximate surface area is 158 Å². The number of amides is 1. The van der Waals surface area contributed by atoms with Gasteiger partial charge in [-0.05, 0) is 57.0 Å². The van der Waals surface area contributed by atoms with Gasteiger partial charge < -0.3 is 19.2 Å². The van der Waals surface area contributed by atoms with Crippen molar-refractivity contribution in [2.75, 3.05) is 5.32 Å². The number of benzene rings is 1. The highest BCUT2D eigenvalue weighted by molar-refractivity contribution is 6.02. The third-order valence-corrected chi connectivity index (χ3v) is 5.70. The minimum atomic E-state index is -0.128. The molecule has 0 bridgehead atoms. The van der Waals surface area contributed by atoms with E-state index in [-0.39, 0.29) is 12.1 Å². The van der Waals surface area contributed by atoms with Gasteiger partial charge in [-0.2, -0.15) is 0 Å². The van der Waals surface area contributed by atoms with E-state index in [1.165, 1.54) is 11.4 Å². The zero-order chi connectivity index (χ0) is 18.5. The number of furan rings is 1. The second-order valence-corrected chi connectivity index (χ2v) is 7.53. The molecule has 5 rings (SSSR count). The number of nitrogens with one attached hydrogen (secondary N) is 1. The summed E-state index contributed by atoms with van der Waals surface area (Å²) >= 11 is 0. The minimum absolute atomic E-state index is 0.128. The molecule has 0 unspecified atom stereocenters. The van der Waals surface area contributed by atoms with Gasteiger partial charge in [0.15, 0.2) is 0 Å². The number of nitrogens with zero attached hydrogens (tertiary/aromatic N) is 2. The Hall–Kier alpha value is -2.95. The van der Waals surface area contributed by atoms with Gasteiger partial charge in [-0.15, -0.1) is 0 Å². The molecule has 3 heterocycles. The Balaban J connectivity index is 1.56. The Bertz CT molecular complexity index is 999. The average Bonchev–Trinajstić information content (AvgIpc) is 3.30. The highest BCUT2D eigenvalue weighted by Crippen LogP contribution is 2.42. The van der Waals surface area contributed by atoms with Gasteiger partial charge in [-0.1, -0.05) is 12.1 Å². The van der Waals surface area contributed by atoms with Crippen LogP contribution in [0.3, 0.4) is 0 Å². The summed E-state index contributed by atoms with van der Waals surface area (Å²) in [6, 6.07) is 14.2. The quantitative estimate of drug-likeness (QED) is 0.746. The smallest absolute Gasteiger partial charge is 0.258 e. The molecule has 2 aromatic heterocycles. The van der Waals surface area contributed by atoms with Gasteiger partial charge in [0, 0.05) is 28.7 Å². The van der Waals surface area contributed by atoms with Crippen LogP contribution in [0.1, 0.15) is 52.1 Å². The highest BCUT2D eigenvalue weighted by atomic mass is 16.3. The number of aromatic nitrogens is 1. The van der Waals surface area contributed by atoms with Gasteiger partial charge in [0.2, 0.25) is 0 Å². The number of hydrogen-bond donors (Lipinski definition) is 1. The van der Waals surface area contributed by atoms with Crippen molar-refractivity contribution < 1.29 is 9.21 Å². The first kappa shape index (κ1) is 16.2. The number of rotatable bonds is 4. The van der Waals surface area contributed by atoms with E-state index in [2.05, 4.69) is 29.8 Å². The van der Waals surface area contributed by atoms with E-state index in [0.29, 0.717) is 12.6 Å². The topological polar surface area (TPSA) is 50.4 Å². The third kappa shape index (κ3) is 2.65. The summed E-state index contributed by atoms with van der Waals surface area (Å²) < 4.78 is 7.79. The molecule has 1 fully saturated rings. The molecule has 1 aromatic carbocycles. The van der Waals surface area contributed by atoms with Crippen molar-refractivity contribution in [1.82, 2.24) is 9.47 Å². The van der Waals surface area contributed by atoms with Crippen LogP contribution in [0.15, 0.2) is 53.1 Å². The van der Waals surface area contributed by atoms with Gasteiger partial charge in [0.05, 0.1) is 18.4 Å². The zero-order valence-electron chi connectivity index (χ0n) is 15.6. The van der Waals surface area contributed by atoms with E-state index in [4.69, 9.17) is 4.42 Å². The lowest BCUT2D eigenvalue weighted by Gasteiger charge is -2.38. The number of aryl methyl sites for hydroxylation is 1. The monoisotopic (exact) mass is 361 g/mol. The summed E-state index contributed by atoms with van der Waals surface area (Å²) in [5.41, 5.74) is 5.18. The summed E-state index contributed by atoms with van der Waals surface area (Å²) in [7, 11) is 0. The predicted octanol–water partition coefficient (Wildman–Crippen LogP) is 4.48. The largest absolute Gasteiger partial charge is 0.467 e. The van der Waals surface area contributed by atoms with Crippen LogP contribution >= 0.6 is 0 Å². The van der Waals surface area contributed by atoms with Crippen LogP contribution in [0.25, 0.3) is 0 Å². The van der Waals surface area contributed by atoms with E-state index in [1.54, 1.807) is 6.26 Å². The summed E-state index contributed by atoms with van der Waals surface area (Å²) in [6.07, 6.45) is 3.74. The Morgan fingerprint density at radius 3 is 2.70 bits per heavy atom. The average molecular weight is 361 g/mol. The number of carbonyl (C=O) groups excluding carboxylic acids is 1. The second-order valence-electron chi connectivity index (χ2n) is 7.53. The third-order valence-electron chi connectivity index (χ3n) is 5.70. The molecular formula is C22H23N3O2. The molecule has 1 amide bonds. The van der Waals surface area contributed by atoms with Crippen LogP contribution in [-0.2, 0) is 6.54 Å². The molecule has 1 N–H and O–H groups in total.